The Bertz CT molecular complexity index is 611. The van der Waals surface area contributed by atoms with E-state index in [9.17, 15) is 9.59 Å². The number of anilines is 1. The van der Waals surface area contributed by atoms with Gasteiger partial charge in [0.1, 0.15) is 0 Å². The van der Waals surface area contributed by atoms with Crippen molar-refractivity contribution in [1.29, 1.82) is 0 Å². The van der Waals surface area contributed by atoms with Crippen molar-refractivity contribution in [2.75, 3.05) is 25.0 Å². The molecule has 2 rings (SSSR count). The Morgan fingerprint density at radius 3 is 2.81 bits per heavy atom. The first-order valence-electron chi connectivity index (χ1n) is 9.66. The quantitative estimate of drug-likeness (QED) is 0.660. The molecule has 1 aromatic carbocycles. The first kappa shape index (κ1) is 23.2. The molecule has 2 atom stereocenters. The van der Waals surface area contributed by atoms with Crippen LogP contribution in [-0.4, -0.2) is 42.5 Å². The molecule has 27 heavy (non-hydrogen) atoms. The summed E-state index contributed by atoms with van der Waals surface area (Å²) < 4.78 is 0. The fraction of sp³-hybridized carbons (Fsp3) is 0.600. The van der Waals surface area contributed by atoms with Crippen molar-refractivity contribution in [3.05, 3.63) is 29.8 Å². The Morgan fingerprint density at radius 1 is 1.37 bits per heavy atom. The number of nitrogens with zero attached hydrogens (tertiary/aromatic N) is 1. The van der Waals surface area contributed by atoms with Gasteiger partial charge in [-0.15, -0.1) is 12.4 Å². The number of hydrogen-bond acceptors (Lipinski definition) is 3. The standard InChI is InChI=1S/C20H32N4O2.ClH/c1-3-4-9-18(13-21)22-19(25)16-8-6-11-24(14-16)20(26)23-17-10-5-7-15(2)12-17;/h5,7,10,12,16,18H,3-4,6,8-9,11,13-14,21H2,1-2H3,(H,22,25)(H,23,26);1H. The maximum absolute atomic E-state index is 12.6. The summed E-state index contributed by atoms with van der Waals surface area (Å²) >= 11 is 0. The van der Waals surface area contributed by atoms with E-state index in [1.54, 1.807) is 4.90 Å². The Labute approximate surface area is 168 Å². The minimum absolute atomic E-state index is 0. The lowest BCUT2D eigenvalue weighted by molar-refractivity contribution is -0.127. The number of nitrogens with two attached hydrogens (primary N) is 1. The van der Waals surface area contributed by atoms with Crippen LogP contribution in [0.3, 0.4) is 0 Å². The van der Waals surface area contributed by atoms with Gasteiger partial charge in [0.05, 0.1) is 5.92 Å². The topological polar surface area (TPSA) is 87.5 Å². The Balaban J connectivity index is 0.00000364. The number of benzene rings is 1. The smallest absolute Gasteiger partial charge is 0.321 e. The monoisotopic (exact) mass is 396 g/mol. The number of aryl methyl sites for hydroxylation is 1. The van der Waals surface area contributed by atoms with E-state index in [4.69, 9.17) is 5.73 Å². The second kappa shape index (κ2) is 11.8. The summed E-state index contributed by atoms with van der Waals surface area (Å²) in [6, 6.07) is 7.60. The number of likely N-dealkylation sites (tertiary alicyclic amines) is 1. The SMILES string of the molecule is CCCCC(CN)NC(=O)C1CCCN(C(=O)Nc2cccc(C)c2)C1.Cl. The highest BCUT2D eigenvalue weighted by atomic mass is 35.5. The number of rotatable bonds is 7. The number of carbonyl (C=O) groups is 2. The number of carbonyl (C=O) groups excluding carboxylic acids is 2. The molecule has 1 saturated heterocycles. The van der Waals surface area contributed by atoms with E-state index in [0.717, 1.165) is 43.4 Å². The van der Waals surface area contributed by atoms with Crippen molar-refractivity contribution in [3.63, 3.8) is 0 Å². The molecule has 7 heteroatoms. The van der Waals surface area contributed by atoms with Crippen molar-refractivity contribution < 1.29 is 9.59 Å². The van der Waals surface area contributed by atoms with Gasteiger partial charge in [-0.2, -0.15) is 0 Å². The molecule has 152 valence electrons. The summed E-state index contributed by atoms with van der Waals surface area (Å²) in [5.74, 6) is -0.146. The summed E-state index contributed by atoms with van der Waals surface area (Å²) in [6.07, 6.45) is 4.69. The first-order valence-corrected chi connectivity index (χ1v) is 9.66. The highest BCUT2D eigenvalue weighted by molar-refractivity contribution is 5.90. The highest BCUT2D eigenvalue weighted by Gasteiger charge is 2.29. The van der Waals surface area contributed by atoms with Crippen molar-refractivity contribution in [2.24, 2.45) is 11.7 Å². The van der Waals surface area contributed by atoms with Gasteiger partial charge in [0, 0.05) is 31.4 Å². The van der Waals surface area contributed by atoms with Crippen LogP contribution < -0.4 is 16.4 Å². The molecule has 0 aliphatic carbocycles. The van der Waals surface area contributed by atoms with E-state index in [-0.39, 0.29) is 36.3 Å². The summed E-state index contributed by atoms with van der Waals surface area (Å²) in [5, 5.41) is 5.99. The molecule has 4 N–H and O–H groups in total. The molecule has 1 aromatic rings. The summed E-state index contributed by atoms with van der Waals surface area (Å²) in [7, 11) is 0. The van der Waals surface area contributed by atoms with Gasteiger partial charge in [0.15, 0.2) is 0 Å². The molecule has 0 bridgehead atoms. The third kappa shape index (κ3) is 7.39. The van der Waals surface area contributed by atoms with E-state index >= 15 is 0 Å². The molecule has 0 radical (unpaired) electrons. The molecule has 0 spiro atoms. The van der Waals surface area contributed by atoms with Gasteiger partial charge >= 0.3 is 6.03 Å². The lowest BCUT2D eigenvalue weighted by Gasteiger charge is -2.33. The van der Waals surface area contributed by atoms with Gasteiger partial charge in [0.25, 0.3) is 0 Å². The fourth-order valence-electron chi connectivity index (χ4n) is 3.32. The van der Waals surface area contributed by atoms with Gasteiger partial charge in [-0.3, -0.25) is 4.79 Å². The number of halogens is 1. The number of hydrogen-bond donors (Lipinski definition) is 3. The molecule has 2 unspecified atom stereocenters. The zero-order valence-electron chi connectivity index (χ0n) is 16.4. The zero-order valence-corrected chi connectivity index (χ0v) is 17.2. The van der Waals surface area contributed by atoms with Gasteiger partial charge in [-0.1, -0.05) is 31.9 Å². The third-order valence-corrected chi connectivity index (χ3v) is 4.89. The van der Waals surface area contributed by atoms with Crippen LogP contribution in [0.2, 0.25) is 0 Å². The zero-order chi connectivity index (χ0) is 18.9. The minimum atomic E-state index is -0.164. The van der Waals surface area contributed by atoms with Gasteiger partial charge in [-0.25, -0.2) is 4.79 Å². The van der Waals surface area contributed by atoms with E-state index < -0.39 is 0 Å². The molecule has 6 nitrogen and oxygen atoms in total. The largest absolute Gasteiger partial charge is 0.352 e. The van der Waals surface area contributed by atoms with Crippen LogP contribution in [0.15, 0.2) is 24.3 Å². The van der Waals surface area contributed by atoms with Crippen LogP contribution in [0.25, 0.3) is 0 Å². The van der Waals surface area contributed by atoms with E-state index in [1.165, 1.54) is 0 Å². The molecular weight excluding hydrogens is 364 g/mol. The van der Waals surface area contributed by atoms with Crippen LogP contribution in [0.5, 0.6) is 0 Å². The lowest BCUT2D eigenvalue weighted by atomic mass is 9.96. The second-order valence-corrected chi connectivity index (χ2v) is 7.17. The van der Waals surface area contributed by atoms with Crippen molar-refractivity contribution in [1.82, 2.24) is 10.2 Å². The highest BCUT2D eigenvalue weighted by Crippen LogP contribution is 2.19. The van der Waals surface area contributed by atoms with Gasteiger partial charge in [0.2, 0.25) is 5.91 Å². The number of amides is 3. The lowest BCUT2D eigenvalue weighted by Crippen LogP contribution is -2.49. The van der Waals surface area contributed by atoms with Crippen LogP contribution in [0.4, 0.5) is 10.5 Å². The van der Waals surface area contributed by atoms with E-state index in [1.807, 2.05) is 31.2 Å². The minimum Gasteiger partial charge on any atom is -0.352 e. The van der Waals surface area contributed by atoms with Crippen LogP contribution in [0, 0.1) is 12.8 Å². The number of nitrogens with one attached hydrogen (secondary N) is 2. The molecular formula is C20H33ClN4O2. The molecule has 1 fully saturated rings. The Hall–Kier alpha value is -1.79. The summed E-state index contributed by atoms with van der Waals surface area (Å²) in [5.41, 5.74) is 7.65. The second-order valence-electron chi connectivity index (χ2n) is 7.17. The van der Waals surface area contributed by atoms with Gasteiger partial charge < -0.3 is 21.3 Å². The molecule has 1 heterocycles. The van der Waals surface area contributed by atoms with Crippen LogP contribution in [-0.2, 0) is 4.79 Å². The molecule has 1 aliphatic rings. The molecule has 3 amide bonds. The molecule has 0 saturated carbocycles. The van der Waals surface area contributed by atoms with Gasteiger partial charge in [-0.05, 0) is 43.9 Å². The maximum atomic E-state index is 12.6. The summed E-state index contributed by atoms with van der Waals surface area (Å²) in [4.78, 5) is 26.8. The predicted octanol–water partition coefficient (Wildman–Crippen LogP) is 3.29. The number of piperidine rings is 1. The first-order chi connectivity index (χ1) is 12.5. The Kier molecular flexibility index (Phi) is 10.2. The summed E-state index contributed by atoms with van der Waals surface area (Å²) in [6.45, 7) is 5.70. The molecule has 0 aromatic heterocycles. The number of unbranched alkanes of at least 4 members (excludes halogenated alkanes) is 1. The normalized spacial score (nSPS) is 17.6. The number of urea groups is 1. The van der Waals surface area contributed by atoms with Crippen molar-refractivity contribution in [2.45, 2.75) is 52.0 Å². The average Bonchev–Trinajstić information content (AvgIpc) is 2.65. The van der Waals surface area contributed by atoms with Crippen molar-refractivity contribution in [3.8, 4) is 0 Å². The Morgan fingerprint density at radius 2 is 2.15 bits per heavy atom. The van der Waals surface area contributed by atoms with Crippen LogP contribution >= 0.6 is 12.4 Å². The third-order valence-electron chi connectivity index (χ3n) is 4.89. The maximum Gasteiger partial charge on any atom is 0.321 e. The van der Waals surface area contributed by atoms with Crippen LogP contribution in [0.1, 0.15) is 44.6 Å². The van der Waals surface area contributed by atoms with E-state index in [2.05, 4.69) is 17.6 Å². The van der Waals surface area contributed by atoms with Crippen molar-refractivity contribution >= 4 is 30.0 Å². The predicted molar refractivity (Wildman–Crippen MR) is 112 cm³/mol. The average molecular weight is 397 g/mol. The van der Waals surface area contributed by atoms with E-state index in [0.29, 0.717) is 19.6 Å². The fourth-order valence-corrected chi connectivity index (χ4v) is 3.32. The molecule has 1 aliphatic heterocycles.